The van der Waals surface area contributed by atoms with Crippen LogP contribution in [0.3, 0.4) is 0 Å². The van der Waals surface area contributed by atoms with Crippen molar-refractivity contribution in [3.05, 3.63) is 63.3 Å². The molecule has 2 aromatic rings. The van der Waals surface area contributed by atoms with E-state index in [-0.39, 0.29) is 6.04 Å². The van der Waals surface area contributed by atoms with E-state index < -0.39 is 0 Å². The summed E-state index contributed by atoms with van der Waals surface area (Å²) in [4.78, 5) is 4.35. The van der Waals surface area contributed by atoms with Crippen molar-refractivity contribution in [1.82, 2.24) is 10.3 Å². The lowest BCUT2D eigenvalue weighted by Crippen LogP contribution is -2.19. The zero-order valence-corrected chi connectivity index (χ0v) is 12.4. The van der Waals surface area contributed by atoms with Crippen molar-refractivity contribution < 1.29 is 0 Å². The monoisotopic (exact) mass is 324 g/mol. The molecular formula is C14H14BrClN2. The summed E-state index contributed by atoms with van der Waals surface area (Å²) in [5.74, 6) is 0. The molecule has 1 aromatic heterocycles. The SMILES string of the molecule is CNC(Cc1ccccn1)c1cc(Br)ccc1Cl. The second-order valence-corrected chi connectivity index (χ2v) is 5.36. The maximum Gasteiger partial charge on any atom is 0.0454 e. The number of benzene rings is 1. The summed E-state index contributed by atoms with van der Waals surface area (Å²) < 4.78 is 1.03. The Labute approximate surface area is 121 Å². The zero-order chi connectivity index (χ0) is 13.0. The Bertz CT molecular complexity index is 516. The third kappa shape index (κ3) is 3.31. The average molecular weight is 326 g/mol. The van der Waals surface area contributed by atoms with E-state index in [2.05, 4.69) is 26.2 Å². The van der Waals surface area contributed by atoms with Crippen LogP contribution in [-0.4, -0.2) is 12.0 Å². The first-order chi connectivity index (χ1) is 8.70. The van der Waals surface area contributed by atoms with Crippen molar-refractivity contribution in [2.45, 2.75) is 12.5 Å². The summed E-state index contributed by atoms with van der Waals surface area (Å²) in [6, 6.07) is 12.0. The lowest BCUT2D eigenvalue weighted by molar-refractivity contribution is 0.584. The van der Waals surface area contributed by atoms with E-state index in [9.17, 15) is 0 Å². The van der Waals surface area contributed by atoms with E-state index in [4.69, 9.17) is 11.6 Å². The van der Waals surface area contributed by atoms with Crippen molar-refractivity contribution in [3.63, 3.8) is 0 Å². The van der Waals surface area contributed by atoms with Gasteiger partial charge in [0.25, 0.3) is 0 Å². The Balaban J connectivity index is 2.26. The van der Waals surface area contributed by atoms with Crippen LogP contribution in [0.1, 0.15) is 17.3 Å². The first-order valence-electron chi connectivity index (χ1n) is 5.73. The molecule has 2 nitrogen and oxygen atoms in total. The van der Waals surface area contributed by atoms with E-state index in [0.717, 1.165) is 27.2 Å². The predicted octanol–water partition coefficient (Wildman–Crippen LogP) is 4.00. The van der Waals surface area contributed by atoms with Gasteiger partial charge in [-0.3, -0.25) is 4.98 Å². The zero-order valence-electron chi connectivity index (χ0n) is 10.0. The Morgan fingerprint density at radius 1 is 1.33 bits per heavy atom. The first-order valence-corrected chi connectivity index (χ1v) is 6.90. The number of aromatic nitrogens is 1. The molecule has 0 amide bonds. The fraction of sp³-hybridized carbons (Fsp3) is 0.214. The second-order valence-electron chi connectivity index (χ2n) is 4.03. The highest BCUT2D eigenvalue weighted by molar-refractivity contribution is 9.10. The van der Waals surface area contributed by atoms with Crippen LogP contribution in [0.2, 0.25) is 5.02 Å². The average Bonchev–Trinajstić information content (AvgIpc) is 2.40. The summed E-state index contributed by atoms with van der Waals surface area (Å²) in [6.07, 6.45) is 2.62. The van der Waals surface area contributed by atoms with Crippen molar-refractivity contribution in [2.24, 2.45) is 0 Å². The van der Waals surface area contributed by atoms with E-state index in [0.29, 0.717) is 0 Å². The lowest BCUT2D eigenvalue weighted by atomic mass is 10.0. The van der Waals surface area contributed by atoms with Gasteiger partial charge in [-0.25, -0.2) is 0 Å². The van der Waals surface area contributed by atoms with Crippen LogP contribution in [0.4, 0.5) is 0 Å². The highest BCUT2D eigenvalue weighted by atomic mass is 79.9. The minimum absolute atomic E-state index is 0.157. The van der Waals surface area contributed by atoms with Crippen LogP contribution in [0, 0.1) is 0 Å². The summed E-state index contributed by atoms with van der Waals surface area (Å²) in [6.45, 7) is 0. The molecule has 1 atom stereocenters. The Morgan fingerprint density at radius 3 is 2.83 bits per heavy atom. The van der Waals surface area contributed by atoms with E-state index in [1.807, 2.05) is 49.6 Å². The molecule has 1 heterocycles. The number of rotatable bonds is 4. The van der Waals surface area contributed by atoms with Gasteiger partial charge in [0.15, 0.2) is 0 Å². The third-order valence-electron chi connectivity index (χ3n) is 2.82. The van der Waals surface area contributed by atoms with Crippen LogP contribution >= 0.6 is 27.5 Å². The predicted molar refractivity (Wildman–Crippen MR) is 78.9 cm³/mol. The maximum atomic E-state index is 6.25. The molecule has 1 aromatic carbocycles. The minimum atomic E-state index is 0.157. The molecule has 18 heavy (non-hydrogen) atoms. The molecule has 0 saturated heterocycles. The summed E-state index contributed by atoms with van der Waals surface area (Å²) >= 11 is 9.73. The van der Waals surface area contributed by atoms with Gasteiger partial charge in [-0.15, -0.1) is 0 Å². The molecule has 0 aliphatic heterocycles. The first kappa shape index (κ1) is 13.5. The third-order valence-corrected chi connectivity index (χ3v) is 3.66. The van der Waals surface area contributed by atoms with Gasteiger partial charge in [-0.2, -0.15) is 0 Å². The standard InChI is InChI=1S/C14H14BrClN2/c1-17-14(9-11-4-2-3-7-18-11)12-8-10(15)5-6-13(12)16/h2-8,14,17H,9H2,1H3. The van der Waals surface area contributed by atoms with Crippen molar-refractivity contribution >= 4 is 27.5 Å². The van der Waals surface area contributed by atoms with Crippen molar-refractivity contribution in [3.8, 4) is 0 Å². The highest BCUT2D eigenvalue weighted by Crippen LogP contribution is 2.28. The van der Waals surface area contributed by atoms with Crippen molar-refractivity contribution in [1.29, 1.82) is 0 Å². The minimum Gasteiger partial charge on any atom is -0.313 e. The fourth-order valence-electron chi connectivity index (χ4n) is 1.88. The van der Waals surface area contributed by atoms with Crippen LogP contribution in [0.5, 0.6) is 0 Å². The van der Waals surface area contributed by atoms with Crippen LogP contribution in [0.25, 0.3) is 0 Å². The number of pyridine rings is 1. The number of hydrogen-bond acceptors (Lipinski definition) is 2. The molecule has 1 unspecified atom stereocenters. The molecule has 0 spiro atoms. The van der Waals surface area contributed by atoms with Gasteiger partial charge < -0.3 is 5.32 Å². The summed E-state index contributed by atoms with van der Waals surface area (Å²) in [5, 5.41) is 4.06. The van der Waals surface area contributed by atoms with Gasteiger partial charge in [0.1, 0.15) is 0 Å². The van der Waals surface area contributed by atoms with Crippen LogP contribution < -0.4 is 5.32 Å². The molecule has 0 aliphatic carbocycles. The molecule has 0 fully saturated rings. The topological polar surface area (TPSA) is 24.9 Å². The van der Waals surface area contributed by atoms with Crippen molar-refractivity contribution in [2.75, 3.05) is 7.05 Å². The largest absolute Gasteiger partial charge is 0.313 e. The smallest absolute Gasteiger partial charge is 0.0454 e. The van der Waals surface area contributed by atoms with Gasteiger partial charge in [-0.1, -0.05) is 33.6 Å². The normalized spacial score (nSPS) is 12.4. The molecule has 2 rings (SSSR count). The Kier molecular flexibility index (Phi) is 4.75. The molecule has 0 saturated carbocycles. The van der Waals surface area contributed by atoms with Gasteiger partial charge >= 0.3 is 0 Å². The van der Waals surface area contributed by atoms with Gasteiger partial charge in [0, 0.05) is 33.8 Å². The highest BCUT2D eigenvalue weighted by Gasteiger charge is 2.14. The van der Waals surface area contributed by atoms with E-state index in [1.54, 1.807) is 0 Å². The Hall–Kier alpha value is -0.900. The lowest BCUT2D eigenvalue weighted by Gasteiger charge is -2.18. The number of hydrogen-bond donors (Lipinski definition) is 1. The fourth-order valence-corrected chi connectivity index (χ4v) is 2.51. The van der Waals surface area contributed by atoms with Gasteiger partial charge in [0.05, 0.1) is 0 Å². The number of likely N-dealkylation sites (N-methyl/N-ethyl adjacent to an activating group) is 1. The molecule has 94 valence electrons. The second kappa shape index (κ2) is 6.32. The van der Waals surface area contributed by atoms with Crippen LogP contribution in [-0.2, 0) is 6.42 Å². The van der Waals surface area contributed by atoms with Gasteiger partial charge in [-0.05, 0) is 42.9 Å². The Morgan fingerprint density at radius 2 is 2.17 bits per heavy atom. The molecule has 4 heteroatoms. The number of nitrogens with one attached hydrogen (secondary N) is 1. The molecule has 1 N–H and O–H groups in total. The van der Waals surface area contributed by atoms with E-state index in [1.165, 1.54) is 0 Å². The molecule has 0 radical (unpaired) electrons. The van der Waals surface area contributed by atoms with Crippen LogP contribution in [0.15, 0.2) is 47.1 Å². The molecule has 0 bridgehead atoms. The number of nitrogens with zero attached hydrogens (tertiary/aromatic N) is 1. The summed E-state index contributed by atoms with van der Waals surface area (Å²) in [5.41, 5.74) is 2.13. The van der Waals surface area contributed by atoms with Gasteiger partial charge in [0.2, 0.25) is 0 Å². The quantitative estimate of drug-likeness (QED) is 0.919. The number of halogens is 2. The molecular weight excluding hydrogens is 312 g/mol. The maximum absolute atomic E-state index is 6.25. The van der Waals surface area contributed by atoms with E-state index >= 15 is 0 Å². The summed E-state index contributed by atoms with van der Waals surface area (Å²) in [7, 11) is 1.94. The molecule has 0 aliphatic rings.